The van der Waals surface area contributed by atoms with Crippen molar-refractivity contribution in [2.45, 2.75) is 20.5 Å². The molecule has 0 heterocycles. The van der Waals surface area contributed by atoms with E-state index in [0.717, 1.165) is 11.1 Å². The molecule has 0 aliphatic carbocycles. The van der Waals surface area contributed by atoms with Crippen LogP contribution >= 0.6 is 11.6 Å². The van der Waals surface area contributed by atoms with Crippen molar-refractivity contribution in [3.05, 3.63) is 64.2 Å². The lowest BCUT2D eigenvalue weighted by Gasteiger charge is -2.09. The smallest absolute Gasteiger partial charge is 0.338 e. The number of anilines is 1. The Balaban J connectivity index is 2.06. The van der Waals surface area contributed by atoms with Crippen molar-refractivity contribution < 1.29 is 14.3 Å². The lowest BCUT2D eigenvalue weighted by atomic mass is 10.1. The van der Waals surface area contributed by atoms with E-state index in [2.05, 4.69) is 5.32 Å². The van der Waals surface area contributed by atoms with Gasteiger partial charge in [-0.1, -0.05) is 29.8 Å². The van der Waals surface area contributed by atoms with Crippen LogP contribution in [0.3, 0.4) is 0 Å². The van der Waals surface area contributed by atoms with Gasteiger partial charge < -0.3 is 10.1 Å². The van der Waals surface area contributed by atoms with Gasteiger partial charge in [0.1, 0.15) is 6.61 Å². The van der Waals surface area contributed by atoms with E-state index in [1.165, 1.54) is 6.92 Å². The highest BCUT2D eigenvalue weighted by molar-refractivity contribution is 6.30. The molecule has 22 heavy (non-hydrogen) atoms. The fourth-order valence-corrected chi connectivity index (χ4v) is 2.01. The summed E-state index contributed by atoms with van der Waals surface area (Å²) in [6.45, 7) is 3.44. The van der Waals surface area contributed by atoms with Gasteiger partial charge in [-0.25, -0.2) is 4.79 Å². The van der Waals surface area contributed by atoms with E-state index in [-0.39, 0.29) is 12.5 Å². The number of aryl methyl sites for hydroxylation is 1. The summed E-state index contributed by atoms with van der Waals surface area (Å²) < 4.78 is 5.26. The van der Waals surface area contributed by atoms with Gasteiger partial charge in [-0.2, -0.15) is 0 Å². The van der Waals surface area contributed by atoms with Gasteiger partial charge in [-0.15, -0.1) is 0 Å². The molecule has 0 aromatic heterocycles. The maximum Gasteiger partial charge on any atom is 0.338 e. The predicted octanol–water partition coefficient (Wildman–Crippen LogP) is 3.96. The summed E-state index contributed by atoms with van der Waals surface area (Å²) >= 11 is 5.80. The van der Waals surface area contributed by atoms with Crippen molar-refractivity contribution >= 4 is 29.2 Å². The molecule has 0 saturated carbocycles. The molecule has 4 nitrogen and oxygen atoms in total. The highest BCUT2D eigenvalue weighted by Gasteiger charge is 2.10. The second-order valence-electron chi connectivity index (χ2n) is 4.91. The highest BCUT2D eigenvalue weighted by atomic mass is 35.5. The number of nitrogens with one attached hydrogen (secondary N) is 1. The van der Waals surface area contributed by atoms with Crippen LogP contribution in [0.5, 0.6) is 0 Å². The molecule has 2 rings (SSSR count). The van der Waals surface area contributed by atoms with Gasteiger partial charge in [0.15, 0.2) is 0 Å². The van der Waals surface area contributed by atoms with Gasteiger partial charge in [-0.3, -0.25) is 4.79 Å². The normalized spacial score (nSPS) is 10.1. The van der Waals surface area contributed by atoms with Crippen molar-refractivity contribution in [3.63, 3.8) is 0 Å². The zero-order chi connectivity index (χ0) is 16.1. The molecular formula is C17H16ClNO3. The molecule has 114 valence electrons. The van der Waals surface area contributed by atoms with Crippen molar-refractivity contribution in [2.24, 2.45) is 0 Å². The molecule has 0 aliphatic heterocycles. The van der Waals surface area contributed by atoms with Crippen LogP contribution in [0.25, 0.3) is 0 Å². The number of carbonyl (C=O) groups is 2. The lowest BCUT2D eigenvalue weighted by Crippen LogP contribution is -2.10. The van der Waals surface area contributed by atoms with Crippen molar-refractivity contribution in [2.75, 3.05) is 5.32 Å². The predicted molar refractivity (Wildman–Crippen MR) is 86.1 cm³/mol. The highest BCUT2D eigenvalue weighted by Crippen LogP contribution is 2.18. The third-order valence-electron chi connectivity index (χ3n) is 3.07. The monoisotopic (exact) mass is 317 g/mol. The molecular weight excluding hydrogens is 302 g/mol. The molecule has 0 atom stereocenters. The molecule has 1 amide bonds. The van der Waals surface area contributed by atoms with E-state index in [1.807, 2.05) is 6.92 Å². The summed E-state index contributed by atoms with van der Waals surface area (Å²) in [5.41, 5.74) is 2.73. The van der Waals surface area contributed by atoms with Crippen LogP contribution in [0.15, 0.2) is 42.5 Å². The van der Waals surface area contributed by atoms with Gasteiger partial charge in [-0.05, 0) is 42.3 Å². The maximum atomic E-state index is 12.1. The number of amides is 1. The average Bonchev–Trinajstić information content (AvgIpc) is 2.48. The fourth-order valence-electron chi connectivity index (χ4n) is 1.89. The first-order chi connectivity index (χ1) is 10.5. The van der Waals surface area contributed by atoms with E-state index in [1.54, 1.807) is 42.5 Å². The third kappa shape index (κ3) is 4.33. The van der Waals surface area contributed by atoms with E-state index in [0.29, 0.717) is 16.3 Å². The number of ether oxygens (including phenoxy) is 1. The Labute approximate surface area is 134 Å². The van der Waals surface area contributed by atoms with Gasteiger partial charge >= 0.3 is 5.97 Å². The molecule has 0 aliphatic rings. The Hall–Kier alpha value is -2.33. The van der Waals surface area contributed by atoms with Crippen LogP contribution in [0.2, 0.25) is 5.02 Å². The summed E-state index contributed by atoms with van der Waals surface area (Å²) in [5.74, 6) is -0.628. The quantitative estimate of drug-likeness (QED) is 0.868. The maximum absolute atomic E-state index is 12.1. The zero-order valence-corrected chi connectivity index (χ0v) is 13.1. The Morgan fingerprint density at radius 1 is 1.14 bits per heavy atom. The number of carbonyl (C=O) groups excluding carboxylic acids is 2. The van der Waals surface area contributed by atoms with Gasteiger partial charge in [0.25, 0.3) is 0 Å². The third-order valence-corrected chi connectivity index (χ3v) is 3.32. The molecule has 0 saturated heterocycles. The topological polar surface area (TPSA) is 55.4 Å². The molecule has 2 aromatic carbocycles. The minimum Gasteiger partial charge on any atom is -0.457 e. The molecule has 0 fully saturated rings. The number of hydrogen-bond acceptors (Lipinski definition) is 3. The summed E-state index contributed by atoms with van der Waals surface area (Å²) in [6.07, 6.45) is 0. The minimum absolute atomic E-state index is 0.166. The van der Waals surface area contributed by atoms with Crippen LogP contribution in [0.1, 0.15) is 28.4 Å². The van der Waals surface area contributed by atoms with Crippen LogP contribution in [-0.4, -0.2) is 11.9 Å². The number of hydrogen-bond donors (Lipinski definition) is 1. The largest absolute Gasteiger partial charge is 0.457 e. The summed E-state index contributed by atoms with van der Waals surface area (Å²) in [4.78, 5) is 23.2. The summed E-state index contributed by atoms with van der Waals surface area (Å²) in [5, 5.41) is 3.32. The molecule has 0 spiro atoms. The number of benzene rings is 2. The fraction of sp³-hybridized carbons (Fsp3) is 0.176. The van der Waals surface area contributed by atoms with Crippen LogP contribution < -0.4 is 5.32 Å². The summed E-state index contributed by atoms with van der Waals surface area (Å²) in [6, 6.07) is 12.1. The van der Waals surface area contributed by atoms with E-state index >= 15 is 0 Å². The van der Waals surface area contributed by atoms with Gasteiger partial charge in [0.2, 0.25) is 5.91 Å². The van der Waals surface area contributed by atoms with Crippen LogP contribution in [-0.2, 0) is 16.1 Å². The lowest BCUT2D eigenvalue weighted by molar-refractivity contribution is -0.114. The van der Waals surface area contributed by atoms with Crippen LogP contribution in [0, 0.1) is 6.92 Å². The van der Waals surface area contributed by atoms with Crippen LogP contribution in [0.4, 0.5) is 5.69 Å². The summed E-state index contributed by atoms with van der Waals surface area (Å²) in [7, 11) is 0. The molecule has 0 unspecified atom stereocenters. The second-order valence-corrected chi connectivity index (χ2v) is 5.35. The Kier molecular flexibility index (Phi) is 5.17. The van der Waals surface area contributed by atoms with E-state index in [9.17, 15) is 9.59 Å². The van der Waals surface area contributed by atoms with Crippen molar-refractivity contribution in [1.82, 2.24) is 0 Å². The first-order valence-corrected chi connectivity index (χ1v) is 7.13. The molecule has 0 bridgehead atoms. The number of halogens is 1. The SMILES string of the molecule is CC(=O)Nc1cc(C(=O)OCc2ccc(Cl)cc2)ccc1C. The molecule has 2 aromatic rings. The molecule has 5 heteroatoms. The Morgan fingerprint density at radius 2 is 1.82 bits per heavy atom. The van der Waals surface area contributed by atoms with E-state index < -0.39 is 5.97 Å². The zero-order valence-electron chi connectivity index (χ0n) is 12.4. The van der Waals surface area contributed by atoms with Crippen molar-refractivity contribution in [3.8, 4) is 0 Å². The van der Waals surface area contributed by atoms with E-state index in [4.69, 9.17) is 16.3 Å². The molecule has 0 radical (unpaired) electrons. The van der Waals surface area contributed by atoms with Gasteiger partial charge in [0.05, 0.1) is 5.56 Å². The standard InChI is InChI=1S/C17H16ClNO3/c1-11-3-6-14(9-16(11)19-12(2)20)17(21)22-10-13-4-7-15(18)8-5-13/h3-9H,10H2,1-2H3,(H,19,20). The number of esters is 1. The Bertz CT molecular complexity index is 696. The first-order valence-electron chi connectivity index (χ1n) is 6.75. The first kappa shape index (κ1) is 16.0. The van der Waals surface area contributed by atoms with Crippen molar-refractivity contribution in [1.29, 1.82) is 0 Å². The average molecular weight is 318 g/mol. The Morgan fingerprint density at radius 3 is 2.45 bits per heavy atom. The second kappa shape index (κ2) is 7.09. The molecule has 1 N–H and O–H groups in total. The number of rotatable bonds is 4. The van der Waals surface area contributed by atoms with Gasteiger partial charge in [0, 0.05) is 17.6 Å². The minimum atomic E-state index is -0.443.